The Morgan fingerprint density at radius 3 is 2.76 bits per heavy atom. The normalized spacial score (nSPS) is 20.4. The van der Waals surface area contributed by atoms with E-state index in [0.29, 0.717) is 32.2 Å². The number of rotatable bonds is 4. The van der Waals surface area contributed by atoms with Gasteiger partial charge in [-0.2, -0.15) is 0 Å². The largest absolute Gasteiger partial charge is 0.378 e. The van der Waals surface area contributed by atoms with E-state index in [0.717, 1.165) is 36.6 Å². The third-order valence-corrected chi connectivity index (χ3v) is 7.09. The van der Waals surface area contributed by atoms with Crippen LogP contribution in [0, 0.1) is 0 Å². The average Bonchev–Trinajstić information content (AvgIpc) is 3.38. The van der Waals surface area contributed by atoms with E-state index in [4.69, 9.17) is 4.74 Å². The van der Waals surface area contributed by atoms with Crippen molar-refractivity contribution in [2.75, 3.05) is 39.4 Å². The van der Waals surface area contributed by atoms with Crippen molar-refractivity contribution in [3.05, 3.63) is 64.8 Å². The van der Waals surface area contributed by atoms with Crippen LogP contribution in [0.4, 0.5) is 0 Å². The van der Waals surface area contributed by atoms with E-state index in [-0.39, 0.29) is 5.91 Å². The van der Waals surface area contributed by atoms with Crippen LogP contribution in [0.1, 0.15) is 33.3 Å². The molecule has 3 aromatic rings. The Morgan fingerprint density at radius 2 is 1.93 bits per heavy atom. The zero-order chi connectivity index (χ0) is 19.6. The summed E-state index contributed by atoms with van der Waals surface area (Å²) in [4.78, 5) is 23.2. The monoisotopic (exact) mass is 407 g/mol. The number of fused-ring (bicyclic) bond motifs is 1. The van der Waals surface area contributed by atoms with Crippen molar-refractivity contribution in [1.29, 1.82) is 0 Å². The molecule has 150 valence electrons. The summed E-state index contributed by atoms with van der Waals surface area (Å²) in [5, 5.41) is 1.25. The summed E-state index contributed by atoms with van der Waals surface area (Å²) < 4.78 is 6.65. The van der Waals surface area contributed by atoms with Crippen molar-refractivity contribution < 1.29 is 9.53 Å². The maximum atomic E-state index is 13.4. The molecule has 0 saturated carbocycles. The summed E-state index contributed by atoms with van der Waals surface area (Å²) in [6.45, 7) is 5.51. The predicted octanol–water partition coefficient (Wildman–Crippen LogP) is 3.76. The second-order valence-electron chi connectivity index (χ2n) is 7.79. The molecule has 2 fully saturated rings. The van der Waals surface area contributed by atoms with Gasteiger partial charge in [-0.25, -0.2) is 0 Å². The standard InChI is InChI=1S/C23H25N3O2S/c27-23(26-11-13-28-14-12-26)22-21(19-6-1-2-7-20(19)29-22)17-8-10-25(15-17)16-18-5-3-4-9-24-18/h1-7,9,17H,8,10-16H2/t17-/m1/s1. The Kier molecular flexibility index (Phi) is 5.31. The highest BCUT2D eigenvalue weighted by atomic mass is 32.1. The predicted molar refractivity (Wildman–Crippen MR) is 115 cm³/mol. The summed E-state index contributed by atoms with van der Waals surface area (Å²) in [7, 11) is 0. The molecule has 1 atom stereocenters. The van der Waals surface area contributed by atoms with Crippen molar-refractivity contribution in [2.45, 2.75) is 18.9 Å². The molecule has 29 heavy (non-hydrogen) atoms. The van der Waals surface area contributed by atoms with Crippen molar-refractivity contribution in [2.24, 2.45) is 0 Å². The minimum atomic E-state index is 0.174. The number of pyridine rings is 1. The lowest BCUT2D eigenvalue weighted by Gasteiger charge is -2.27. The minimum Gasteiger partial charge on any atom is -0.378 e. The van der Waals surface area contributed by atoms with Gasteiger partial charge in [0.2, 0.25) is 0 Å². The summed E-state index contributed by atoms with van der Waals surface area (Å²) >= 11 is 1.65. The van der Waals surface area contributed by atoms with Crippen LogP contribution >= 0.6 is 11.3 Å². The van der Waals surface area contributed by atoms with Gasteiger partial charge < -0.3 is 9.64 Å². The Labute approximate surface area is 174 Å². The molecule has 0 spiro atoms. The average molecular weight is 408 g/mol. The third-order valence-electron chi connectivity index (χ3n) is 5.92. The summed E-state index contributed by atoms with van der Waals surface area (Å²) in [6.07, 6.45) is 2.94. The topological polar surface area (TPSA) is 45.7 Å². The fourth-order valence-electron chi connectivity index (χ4n) is 4.47. The highest BCUT2D eigenvalue weighted by molar-refractivity contribution is 7.21. The number of carbonyl (C=O) groups is 1. The van der Waals surface area contributed by atoms with Gasteiger partial charge in [0.25, 0.3) is 5.91 Å². The van der Waals surface area contributed by atoms with E-state index < -0.39 is 0 Å². The third kappa shape index (κ3) is 3.80. The highest BCUT2D eigenvalue weighted by Crippen LogP contribution is 2.41. The van der Waals surface area contributed by atoms with Crippen molar-refractivity contribution in [1.82, 2.24) is 14.8 Å². The number of ether oxygens (including phenoxy) is 1. The molecule has 0 unspecified atom stereocenters. The number of carbonyl (C=O) groups excluding carboxylic acids is 1. The first-order valence-electron chi connectivity index (χ1n) is 10.3. The maximum absolute atomic E-state index is 13.4. The molecule has 0 N–H and O–H groups in total. The van der Waals surface area contributed by atoms with Crippen LogP contribution in [0.3, 0.4) is 0 Å². The SMILES string of the molecule is O=C(c1sc2ccccc2c1[C@@H]1CCN(Cc2ccccn2)C1)N1CCOCC1. The molecule has 2 aromatic heterocycles. The number of morpholine rings is 1. The lowest BCUT2D eigenvalue weighted by Crippen LogP contribution is -2.40. The first-order chi connectivity index (χ1) is 14.3. The number of nitrogens with zero attached hydrogens (tertiary/aromatic N) is 3. The first kappa shape index (κ1) is 18.7. The lowest BCUT2D eigenvalue weighted by atomic mass is 9.94. The smallest absolute Gasteiger partial charge is 0.264 e. The molecule has 5 rings (SSSR count). The Morgan fingerprint density at radius 1 is 1.10 bits per heavy atom. The van der Waals surface area contributed by atoms with Crippen LogP contribution in [0.25, 0.3) is 10.1 Å². The van der Waals surface area contributed by atoms with Crippen LogP contribution in [0.15, 0.2) is 48.7 Å². The van der Waals surface area contributed by atoms with Gasteiger partial charge in [0.15, 0.2) is 0 Å². The molecule has 6 heteroatoms. The molecule has 5 nitrogen and oxygen atoms in total. The van der Waals surface area contributed by atoms with Gasteiger partial charge in [-0.15, -0.1) is 11.3 Å². The Bertz CT molecular complexity index is 998. The van der Waals surface area contributed by atoms with Gasteiger partial charge in [-0.3, -0.25) is 14.7 Å². The fourth-order valence-corrected chi connectivity index (χ4v) is 5.73. The van der Waals surface area contributed by atoms with Gasteiger partial charge in [-0.05, 0) is 42.1 Å². The lowest BCUT2D eigenvalue weighted by molar-refractivity contribution is 0.0305. The Balaban J connectivity index is 1.43. The molecule has 0 aliphatic carbocycles. The summed E-state index contributed by atoms with van der Waals surface area (Å²) in [6, 6.07) is 14.5. The molecule has 0 radical (unpaired) electrons. The molecule has 2 aliphatic heterocycles. The molecule has 2 saturated heterocycles. The number of hydrogen-bond acceptors (Lipinski definition) is 5. The van der Waals surface area contributed by atoms with E-state index in [9.17, 15) is 4.79 Å². The Hall–Kier alpha value is -2.28. The zero-order valence-electron chi connectivity index (χ0n) is 16.4. The number of thiophene rings is 1. The fraction of sp³-hybridized carbons (Fsp3) is 0.391. The molecule has 1 amide bonds. The van der Waals surface area contributed by atoms with Gasteiger partial charge in [-0.1, -0.05) is 24.3 Å². The van der Waals surface area contributed by atoms with Gasteiger partial charge in [0, 0.05) is 43.0 Å². The van der Waals surface area contributed by atoms with Crippen molar-refractivity contribution in [3.8, 4) is 0 Å². The molecule has 4 heterocycles. The minimum absolute atomic E-state index is 0.174. The number of aromatic nitrogens is 1. The van der Waals surface area contributed by atoms with E-state index >= 15 is 0 Å². The molecule has 1 aromatic carbocycles. The van der Waals surface area contributed by atoms with Gasteiger partial charge in [0.05, 0.1) is 23.8 Å². The van der Waals surface area contributed by atoms with Crippen molar-refractivity contribution >= 4 is 27.3 Å². The quantitative estimate of drug-likeness (QED) is 0.661. The van der Waals surface area contributed by atoms with Crippen LogP contribution < -0.4 is 0 Å². The number of likely N-dealkylation sites (tertiary alicyclic amines) is 1. The number of hydrogen-bond donors (Lipinski definition) is 0. The van der Waals surface area contributed by atoms with Gasteiger partial charge in [0.1, 0.15) is 0 Å². The highest BCUT2D eigenvalue weighted by Gasteiger charge is 2.32. The van der Waals surface area contributed by atoms with Crippen LogP contribution in [0.5, 0.6) is 0 Å². The molecule has 0 bridgehead atoms. The maximum Gasteiger partial charge on any atom is 0.264 e. The van der Waals surface area contributed by atoms with E-state index in [1.54, 1.807) is 11.3 Å². The van der Waals surface area contributed by atoms with E-state index in [1.807, 2.05) is 23.2 Å². The number of benzene rings is 1. The van der Waals surface area contributed by atoms with Crippen molar-refractivity contribution in [3.63, 3.8) is 0 Å². The van der Waals surface area contributed by atoms with Crippen LogP contribution in [-0.2, 0) is 11.3 Å². The molecular formula is C23H25N3O2S. The first-order valence-corrected chi connectivity index (χ1v) is 11.1. The second-order valence-corrected chi connectivity index (χ2v) is 8.84. The van der Waals surface area contributed by atoms with Gasteiger partial charge >= 0.3 is 0 Å². The molecule has 2 aliphatic rings. The summed E-state index contributed by atoms with van der Waals surface area (Å²) in [5.41, 5.74) is 2.36. The number of amides is 1. The molecular weight excluding hydrogens is 382 g/mol. The van der Waals surface area contributed by atoms with Crippen LogP contribution in [-0.4, -0.2) is 60.1 Å². The van der Waals surface area contributed by atoms with E-state index in [2.05, 4.69) is 40.2 Å². The van der Waals surface area contributed by atoms with Crippen LogP contribution in [0.2, 0.25) is 0 Å². The zero-order valence-corrected chi connectivity index (χ0v) is 17.2. The summed E-state index contributed by atoms with van der Waals surface area (Å²) in [5.74, 6) is 0.558. The van der Waals surface area contributed by atoms with E-state index in [1.165, 1.54) is 15.6 Å². The second kappa shape index (κ2) is 8.22.